The third-order valence-electron chi connectivity index (χ3n) is 3.59. The number of pyridine rings is 1. The first-order valence-electron chi connectivity index (χ1n) is 7.42. The molecule has 1 saturated heterocycles. The molecule has 1 aromatic rings. The second-order valence-corrected chi connectivity index (χ2v) is 5.87. The van der Waals surface area contributed by atoms with E-state index in [-0.39, 0.29) is 0 Å². The van der Waals surface area contributed by atoms with Gasteiger partial charge < -0.3 is 4.74 Å². The number of hydrogen-bond donors (Lipinski definition) is 0. The van der Waals surface area contributed by atoms with Gasteiger partial charge in [0.05, 0.1) is 18.3 Å². The summed E-state index contributed by atoms with van der Waals surface area (Å²) < 4.78 is 5.70. The number of ether oxygens (including phenoxy) is 1. The van der Waals surface area contributed by atoms with Crippen LogP contribution >= 0.6 is 0 Å². The Balaban J connectivity index is 1.86. The third kappa shape index (κ3) is 4.29. The van der Waals surface area contributed by atoms with Crippen LogP contribution in [0.25, 0.3) is 0 Å². The third-order valence-corrected chi connectivity index (χ3v) is 3.59. The predicted octanol–water partition coefficient (Wildman–Crippen LogP) is 3.20. The molecule has 3 nitrogen and oxygen atoms in total. The fraction of sp³-hybridized carbons (Fsp3) is 0.688. The zero-order chi connectivity index (χ0) is 13.7. The molecule has 0 N–H and O–H groups in total. The average molecular weight is 262 g/mol. The summed E-state index contributed by atoms with van der Waals surface area (Å²) in [5.41, 5.74) is 2.33. The van der Waals surface area contributed by atoms with E-state index >= 15 is 0 Å². The quantitative estimate of drug-likeness (QED) is 0.736. The van der Waals surface area contributed by atoms with Gasteiger partial charge in [0.2, 0.25) is 0 Å². The zero-order valence-electron chi connectivity index (χ0n) is 12.4. The summed E-state index contributed by atoms with van der Waals surface area (Å²) >= 11 is 0. The molecule has 106 valence electrons. The van der Waals surface area contributed by atoms with Crippen molar-refractivity contribution in [3.63, 3.8) is 0 Å². The molecule has 3 heteroatoms. The van der Waals surface area contributed by atoms with E-state index in [9.17, 15) is 0 Å². The van der Waals surface area contributed by atoms with Gasteiger partial charge in [-0.2, -0.15) is 0 Å². The number of nitrogens with zero attached hydrogens (tertiary/aromatic N) is 2. The number of hydrogen-bond acceptors (Lipinski definition) is 3. The van der Waals surface area contributed by atoms with Crippen LogP contribution in [0.2, 0.25) is 0 Å². The summed E-state index contributed by atoms with van der Waals surface area (Å²) in [5.74, 6) is 0.618. The molecule has 1 fully saturated rings. The van der Waals surface area contributed by atoms with Gasteiger partial charge in [0.1, 0.15) is 0 Å². The van der Waals surface area contributed by atoms with E-state index in [0.717, 1.165) is 25.5 Å². The summed E-state index contributed by atoms with van der Waals surface area (Å²) in [6, 6.07) is 6.82. The van der Waals surface area contributed by atoms with E-state index in [1.807, 2.05) is 0 Å². The maximum absolute atomic E-state index is 5.70. The van der Waals surface area contributed by atoms with Crippen molar-refractivity contribution in [2.24, 2.45) is 5.92 Å². The van der Waals surface area contributed by atoms with E-state index in [1.54, 1.807) is 0 Å². The second-order valence-electron chi connectivity index (χ2n) is 5.87. The van der Waals surface area contributed by atoms with Gasteiger partial charge in [-0.3, -0.25) is 9.88 Å². The number of aromatic nitrogens is 1. The molecular weight excluding hydrogens is 236 g/mol. The second kappa shape index (κ2) is 7.01. The molecule has 0 bridgehead atoms. The molecule has 0 aromatic carbocycles. The Bertz CT molecular complexity index is 392. The monoisotopic (exact) mass is 262 g/mol. The minimum Gasteiger partial charge on any atom is -0.380 e. The van der Waals surface area contributed by atoms with Gasteiger partial charge in [-0.25, -0.2) is 0 Å². The Kier molecular flexibility index (Phi) is 5.34. The van der Waals surface area contributed by atoms with Gasteiger partial charge in [0.15, 0.2) is 0 Å². The van der Waals surface area contributed by atoms with Crippen LogP contribution < -0.4 is 0 Å². The maximum atomic E-state index is 5.70. The van der Waals surface area contributed by atoms with E-state index in [0.29, 0.717) is 12.0 Å². The largest absolute Gasteiger partial charge is 0.380 e. The van der Waals surface area contributed by atoms with E-state index in [1.165, 1.54) is 25.1 Å². The molecule has 1 aromatic heterocycles. The van der Waals surface area contributed by atoms with E-state index in [4.69, 9.17) is 4.74 Å². The van der Waals surface area contributed by atoms with Crippen LogP contribution in [-0.2, 0) is 4.74 Å². The van der Waals surface area contributed by atoms with Crippen molar-refractivity contribution >= 4 is 0 Å². The van der Waals surface area contributed by atoms with Crippen LogP contribution in [0.5, 0.6) is 0 Å². The van der Waals surface area contributed by atoms with Gasteiger partial charge >= 0.3 is 0 Å². The average Bonchev–Trinajstić information content (AvgIpc) is 2.83. The lowest BCUT2D eigenvalue weighted by Crippen LogP contribution is -2.28. The smallest absolute Gasteiger partial charge is 0.0593 e. The molecule has 0 aliphatic carbocycles. The Labute approximate surface area is 117 Å². The van der Waals surface area contributed by atoms with Gasteiger partial charge in [0, 0.05) is 18.8 Å². The molecule has 0 spiro atoms. The van der Waals surface area contributed by atoms with Crippen LogP contribution in [0.4, 0.5) is 0 Å². The fourth-order valence-corrected chi connectivity index (χ4v) is 2.68. The summed E-state index contributed by atoms with van der Waals surface area (Å²) in [5, 5.41) is 0. The zero-order valence-corrected chi connectivity index (χ0v) is 12.4. The van der Waals surface area contributed by atoms with Crippen molar-refractivity contribution in [2.75, 3.05) is 26.3 Å². The maximum Gasteiger partial charge on any atom is 0.0593 e. The van der Waals surface area contributed by atoms with Gasteiger partial charge in [0.25, 0.3) is 0 Å². The van der Waals surface area contributed by atoms with Crippen molar-refractivity contribution in [2.45, 2.75) is 39.7 Å². The van der Waals surface area contributed by atoms with Crippen LogP contribution in [-0.4, -0.2) is 36.2 Å². The number of rotatable bonds is 6. The minimum atomic E-state index is 0.488. The number of likely N-dealkylation sites (tertiary alicyclic amines) is 1. The molecule has 2 rings (SSSR count). The Morgan fingerprint density at radius 1 is 1.42 bits per heavy atom. The van der Waals surface area contributed by atoms with Crippen LogP contribution in [0.3, 0.4) is 0 Å². The van der Waals surface area contributed by atoms with Gasteiger partial charge in [-0.1, -0.05) is 19.9 Å². The molecule has 19 heavy (non-hydrogen) atoms. The van der Waals surface area contributed by atoms with Crippen molar-refractivity contribution in [1.29, 1.82) is 0 Å². The Hall–Kier alpha value is -0.930. The molecule has 0 saturated carbocycles. The molecule has 1 aliphatic heterocycles. The molecule has 1 atom stereocenters. The highest BCUT2D eigenvalue weighted by Gasteiger charge is 2.26. The van der Waals surface area contributed by atoms with Crippen molar-refractivity contribution < 1.29 is 4.74 Å². The first-order chi connectivity index (χ1) is 9.16. The fourth-order valence-electron chi connectivity index (χ4n) is 2.68. The summed E-state index contributed by atoms with van der Waals surface area (Å²) in [7, 11) is 0. The number of aryl methyl sites for hydroxylation is 1. The molecule has 1 aliphatic rings. The predicted molar refractivity (Wildman–Crippen MR) is 78.2 cm³/mol. The normalized spacial score (nSPS) is 20.3. The van der Waals surface area contributed by atoms with Gasteiger partial charge in [-0.05, 0) is 44.4 Å². The van der Waals surface area contributed by atoms with Crippen LogP contribution in [0.1, 0.15) is 44.1 Å². The summed E-state index contributed by atoms with van der Waals surface area (Å²) in [4.78, 5) is 7.20. The van der Waals surface area contributed by atoms with Crippen molar-refractivity contribution in [3.8, 4) is 0 Å². The lowest BCUT2D eigenvalue weighted by molar-refractivity contribution is 0.0815. The van der Waals surface area contributed by atoms with Gasteiger partial charge in [-0.15, -0.1) is 0 Å². The first-order valence-corrected chi connectivity index (χ1v) is 7.42. The molecule has 0 radical (unpaired) electrons. The first kappa shape index (κ1) is 14.5. The highest BCUT2D eigenvalue weighted by molar-refractivity contribution is 5.14. The lowest BCUT2D eigenvalue weighted by Gasteiger charge is -2.24. The lowest BCUT2D eigenvalue weighted by atomic mass is 10.1. The molecule has 0 amide bonds. The van der Waals surface area contributed by atoms with Crippen LogP contribution in [0.15, 0.2) is 18.2 Å². The SMILES string of the molecule is Cc1cccc([C@H]2CCCN2CCOCC(C)C)n1. The molecular formula is C16H26N2O. The topological polar surface area (TPSA) is 25.4 Å². The summed E-state index contributed by atoms with van der Waals surface area (Å²) in [6.45, 7) is 10.3. The Morgan fingerprint density at radius 3 is 3.00 bits per heavy atom. The van der Waals surface area contributed by atoms with E-state index in [2.05, 4.69) is 48.9 Å². The minimum absolute atomic E-state index is 0.488. The standard InChI is InChI=1S/C16H26N2O/c1-13(2)12-19-11-10-18-9-5-8-16(18)15-7-4-6-14(3)17-15/h4,6-7,13,16H,5,8-12H2,1-3H3/t16-/m1/s1. The Morgan fingerprint density at radius 2 is 2.26 bits per heavy atom. The molecule has 0 unspecified atom stereocenters. The van der Waals surface area contributed by atoms with Crippen molar-refractivity contribution in [3.05, 3.63) is 29.6 Å². The van der Waals surface area contributed by atoms with E-state index < -0.39 is 0 Å². The van der Waals surface area contributed by atoms with Crippen molar-refractivity contribution in [1.82, 2.24) is 9.88 Å². The highest BCUT2D eigenvalue weighted by Crippen LogP contribution is 2.30. The molecule has 2 heterocycles. The highest BCUT2D eigenvalue weighted by atomic mass is 16.5. The van der Waals surface area contributed by atoms with Crippen LogP contribution in [0, 0.1) is 12.8 Å². The summed E-state index contributed by atoms with van der Waals surface area (Å²) in [6.07, 6.45) is 2.49.